The second-order valence-electron chi connectivity index (χ2n) is 3.61. The lowest BCUT2D eigenvalue weighted by Crippen LogP contribution is -2.33. The fourth-order valence-electron chi connectivity index (χ4n) is 1.45. The van der Waals surface area contributed by atoms with Gasteiger partial charge in [0.25, 0.3) is 0 Å². The van der Waals surface area contributed by atoms with Gasteiger partial charge in [-0.1, -0.05) is 31.5 Å². The van der Waals surface area contributed by atoms with Crippen molar-refractivity contribution in [3.05, 3.63) is 29.8 Å². The van der Waals surface area contributed by atoms with Gasteiger partial charge < -0.3 is 15.7 Å². The van der Waals surface area contributed by atoms with Gasteiger partial charge in [0.2, 0.25) is 0 Å². The van der Waals surface area contributed by atoms with Crippen LogP contribution in [-0.2, 0) is 11.2 Å². The van der Waals surface area contributed by atoms with Crippen LogP contribution in [0, 0.1) is 0 Å². The topological polar surface area (TPSA) is 78.4 Å². The highest BCUT2D eigenvalue weighted by Crippen LogP contribution is 2.16. The van der Waals surface area contributed by atoms with E-state index in [1.807, 2.05) is 18.2 Å². The molecule has 0 radical (unpaired) electrons. The van der Waals surface area contributed by atoms with Crippen LogP contribution in [0.4, 0.5) is 10.5 Å². The molecule has 0 aliphatic rings. The second-order valence-corrected chi connectivity index (χ2v) is 3.61. The number of benzene rings is 1. The number of amides is 2. The molecule has 1 rings (SSSR count). The van der Waals surface area contributed by atoms with E-state index in [1.54, 1.807) is 6.07 Å². The molecule has 0 fully saturated rings. The van der Waals surface area contributed by atoms with Gasteiger partial charge in [-0.05, 0) is 18.1 Å². The van der Waals surface area contributed by atoms with Gasteiger partial charge in [0.1, 0.15) is 6.54 Å². The number of hydrogen-bond donors (Lipinski definition) is 3. The van der Waals surface area contributed by atoms with Crippen molar-refractivity contribution in [1.82, 2.24) is 5.32 Å². The number of carbonyl (C=O) groups is 2. The molecule has 0 saturated carbocycles. The zero-order valence-electron chi connectivity index (χ0n) is 9.69. The number of aryl methyl sites for hydroxylation is 1. The molecule has 5 heteroatoms. The van der Waals surface area contributed by atoms with Crippen LogP contribution in [0.1, 0.15) is 18.9 Å². The van der Waals surface area contributed by atoms with Crippen molar-refractivity contribution in [2.24, 2.45) is 0 Å². The van der Waals surface area contributed by atoms with Gasteiger partial charge in [-0.2, -0.15) is 0 Å². The van der Waals surface area contributed by atoms with Gasteiger partial charge in [-0.3, -0.25) is 4.79 Å². The molecule has 0 aliphatic heterocycles. The van der Waals surface area contributed by atoms with Crippen molar-refractivity contribution in [3.63, 3.8) is 0 Å². The zero-order chi connectivity index (χ0) is 12.7. The number of nitrogens with one attached hydrogen (secondary N) is 2. The van der Waals surface area contributed by atoms with Gasteiger partial charge >= 0.3 is 12.0 Å². The van der Waals surface area contributed by atoms with E-state index < -0.39 is 12.0 Å². The lowest BCUT2D eigenvalue weighted by Gasteiger charge is -2.10. The van der Waals surface area contributed by atoms with Crippen LogP contribution < -0.4 is 10.6 Å². The van der Waals surface area contributed by atoms with Crippen molar-refractivity contribution in [1.29, 1.82) is 0 Å². The van der Waals surface area contributed by atoms with Crippen molar-refractivity contribution in [2.75, 3.05) is 11.9 Å². The van der Waals surface area contributed by atoms with E-state index in [-0.39, 0.29) is 6.54 Å². The first-order chi connectivity index (χ1) is 8.13. The second kappa shape index (κ2) is 6.52. The summed E-state index contributed by atoms with van der Waals surface area (Å²) < 4.78 is 0. The number of urea groups is 1. The molecule has 0 atom stereocenters. The molecule has 17 heavy (non-hydrogen) atoms. The lowest BCUT2D eigenvalue weighted by molar-refractivity contribution is -0.135. The molecule has 0 saturated heterocycles. The molecule has 5 nitrogen and oxygen atoms in total. The fraction of sp³-hybridized carbons (Fsp3) is 0.333. The Labute approximate surface area is 99.8 Å². The van der Waals surface area contributed by atoms with E-state index in [0.29, 0.717) is 0 Å². The Balaban J connectivity index is 2.61. The molecule has 0 aromatic heterocycles. The summed E-state index contributed by atoms with van der Waals surface area (Å²) >= 11 is 0. The summed E-state index contributed by atoms with van der Waals surface area (Å²) in [6.45, 7) is 1.67. The first-order valence-electron chi connectivity index (χ1n) is 5.48. The van der Waals surface area contributed by atoms with Crippen LogP contribution in [0.25, 0.3) is 0 Å². The average Bonchev–Trinajstić information content (AvgIpc) is 2.29. The molecule has 92 valence electrons. The van der Waals surface area contributed by atoms with Gasteiger partial charge in [0, 0.05) is 5.69 Å². The van der Waals surface area contributed by atoms with Gasteiger partial charge in [-0.15, -0.1) is 0 Å². The van der Waals surface area contributed by atoms with Crippen molar-refractivity contribution in [2.45, 2.75) is 19.8 Å². The standard InChI is InChI=1S/C12H16N2O3/c1-2-5-9-6-3-4-7-10(9)14-12(17)13-8-11(15)16/h3-4,6-7H,2,5,8H2,1H3,(H,15,16)(H2,13,14,17). The smallest absolute Gasteiger partial charge is 0.323 e. The maximum absolute atomic E-state index is 11.4. The number of carboxylic acid groups (broad SMARTS) is 1. The number of rotatable bonds is 5. The highest BCUT2D eigenvalue weighted by Gasteiger charge is 2.06. The average molecular weight is 236 g/mol. The molecular formula is C12H16N2O3. The summed E-state index contributed by atoms with van der Waals surface area (Å²) in [7, 11) is 0. The maximum atomic E-state index is 11.4. The molecule has 0 unspecified atom stereocenters. The number of aliphatic carboxylic acids is 1. The van der Waals surface area contributed by atoms with Gasteiger partial charge in [-0.25, -0.2) is 4.79 Å². The predicted molar refractivity (Wildman–Crippen MR) is 65.1 cm³/mol. The number of hydrogen-bond acceptors (Lipinski definition) is 2. The molecule has 2 amide bonds. The van der Waals surface area contributed by atoms with Crippen LogP contribution >= 0.6 is 0 Å². The predicted octanol–water partition coefficient (Wildman–Crippen LogP) is 1.85. The first kappa shape index (κ1) is 13.0. The highest BCUT2D eigenvalue weighted by molar-refractivity contribution is 5.91. The van der Waals surface area contributed by atoms with Crippen molar-refractivity contribution < 1.29 is 14.7 Å². The normalized spacial score (nSPS) is 9.71. The Morgan fingerprint density at radius 3 is 2.65 bits per heavy atom. The molecule has 1 aromatic rings. The number of anilines is 1. The molecule has 0 aliphatic carbocycles. The molecular weight excluding hydrogens is 220 g/mol. The quantitative estimate of drug-likeness (QED) is 0.730. The summed E-state index contributed by atoms with van der Waals surface area (Å²) in [5, 5.41) is 13.3. The van der Waals surface area contributed by atoms with E-state index in [9.17, 15) is 9.59 Å². The van der Waals surface area contributed by atoms with Gasteiger partial charge in [0.05, 0.1) is 0 Å². The summed E-state index contributed by atoms with van der Waals surface area (Å²) in [5.41, 5.74) is 1.76. The SMILES string of the molecule is CCCc1ccccc1NC(=O)NCC(=O)O. The summed E-state index contributed by atoms with van der Waals surface area (Å²) in [5.74, 6) is -1.07. The Bertz CT molecular complexity index is 404. The lowest BCUT2D eigenvalue weighted by atomic mass is 10.1. The zero-order valence-corrected chi connectivity index (χ0v) is 9.69. The van der Waals surface area contributed by atoms with E-state index in [4.69, 9.17) is 5.11 Å². The third-order valence-electron chi connectivity index (χ3n) is 2.19. The number of carboxylic acids is 1. The largest absolute Gasteiger partial charge is 0.480 e. The molecule has 0 heterocycles. The van der Waals surface area contributed by atoms with E-state index in [2.05, 4.69) is 17.6 Å². The fourth-order valence-corrected chi connectivity index (χ4v) is 1.45. The monoisotopic (exact) mass is 236 g/mol. The van der Waals surface area contributed by atoms with Crippen LogP contribution in [0.5, 0.6) is 0 Å². The molecule has 0 bridgehead atoms. The third kappa shape index (κ3) is 4.55. The van der Waals surface area contributed by atoms with Crippen LogP contribution in [-0.4, -0.2) is 23.7 Å². The summed E-state index contributed by atoms with van der Waals surface area (Å²) in [4.78, 5) is 21.7. The van der Waals surface area contributed by atoms with Gasteiger partial charge in [0.15, 0.2) is 0 Å². The molecule has 3 N–H and O–H groups in total. The minimum Gasteiger partial charge on any atom is -0.480 e. The van der Waals surface area contributed by atoms with Crippen molar-refractivity contribution in [3.8, 4) is 0 Å². The minimum absolute atomic E-state index is 0.387. The minimum atomic E-state index is -1.07. The summed E-state index contributed by atoms with van der Waals surface area (Å²) in [6, 6.07) is 6.97. The highest BCUT2D eigenvalue weighted by atomic mass is 16.4. The van der Waals surface area contributed by atoms with E-state index in [1.165, 1.54) is 0 Å². The third-order valence-corrected chi connectivity index (χ3v) is 2.19. The van der Waals surface area contributed by atoms with Crippen molar-refractivity contribution >= 4 is 17.7 Å². The maximum Gasteiger partial charge on any atom is 0.323 e. The number of para-hydroxylation sites is 1. The number of carbonyl (C=O) groups excluding carboxylic acids is 1. The first-order valence-corrected chi connectivity index (χ1v) is 5.48. The Hall–Kier alpha value is -2.04. The Morgan fingerprint density at radius 1 is 1.29 bits per heavy atom. The van der Waals surface area contributed by atoms with Crippen LogP contribution in [0.15, 0.2) is 24.3 Å². The molecule has 1 aromatic carbocycles. The van der Waals surface area contributed by atoms with Crippen LogP contribution in [0.3, 0.4) is 0 Å². The Kier molecular flexibility index (Phi) is 5.00. The summed E-state index contributed by atoms with van der Waals surface area (Å²) in [6.07, 6.45) is 1.85. The van der Waals surface area contributed by atoms with E-state index >= 15 is 0 Å². The van der Waals surface area contributed by atoms with Crippen LogP contribution in [0.2, 0.25) is 0 Å². The Morgan fingerprint density at radius 2 is 2.00 bits per heavy atom. The molecule has 0 spiro atoms. The van der Waals surface area contributed by atoms with E-state index in [0.717, 1.165) is 24.1 Å².